The summed E-state index contributed by atoms with van der Waals surface area (Å²) in [4.78, 5) is 13.0. The van der Waals surface area contributed by atoms with E-state index in [0.717, 1.165) is 27.8 Å². The first-order valence-electron chi connectivity index (χ1n) is 11.4. The lowest BCUT2D eigenvalue weighted by molar-refractivity contribution is -0.118. The third-order valence-corrected chi connectivity index (χ3v) is 6.13. The average Bonchev–Trinajstić information content (AvgIpc) is 3.40. The van der Waals surface area contributed by atoms with Gasteiger partial charge in [-0.05, 0) is 33.9 Å². The van der Waals surface area contributed by atoms with Crippen LogP contribution in [0, 0.1) is 0 Å². The van der Waals surface area contributed by atoms with Crippen molar-refractivity contribution in [3.05, 3.63) is 150 Å². The van der Waals surface area contributed by atoms with Gasteiger partial charge in [0.1, 0.15) is 11.2 Å². The van der Waals surface area contributed by atoms with E-state index in [9.17, 15) is 4.79 Å². The summed E-state index contributed by atoms with van der Waals surface area (Å²) in [5, 5.41) is 0. The summed E-state index contributed by atoms with van der Waals surface area (Å²) in [7, 11) is 0. The lowest BCUT2D eigenvalue weighted by Crippen LogP contribution is -2.45. The van der Waals surface area contributed by atoms with Crippen LogP contribution < -0.4 is 21.7 Å². The fourth-order valence-electron chi connectivity index (χ4n) is 4.22. The van der Waals surface area contributed by atoms with E-state index in [2.05, 4.69) is 40.4 Å². The normalized spacial score (nSPS) is 13.9. The molecule has 172 valence electrons. The highest BCUT2D eigenvalue weighted by Gasteiger charge is 2.38. The number of nitrogens with one attached hydrogen (secondary N) is 4. The average molecular weight is 459 g/mol. The van der Waals surface area contributed by atoms with E-state index in [1.165, 1.54) is 0 Å². The summed E-state index contributed by atoms with van der Waals surface area (Å²) in [5.41, 5.74) is 17.6. The van der Waals surface area contributed by atoms with Gasteiger partial charge in [0.25, 0.3) is 5.91 Å². The summed E-state index contributed by atoms with van der Waals surface area (Å²) in [6, 6.07) is 38.3. The molecule has 0 saturated carbocycles. The molecule has 4 aromatic rings. The van der Waals surface area contributed by atoms with Crippen LogP contribution in [-0.4, -0.2) is 5.91 Å². The first-order chi connectivity index (χ1) is 17.2. The van der Waals surface area contributed by atoms with E-state index >= 15 is 0 Å². The maximum Gasteiger partial charge on any atom is 0.286 e. The van der Waals surface area contributed by atoms with Crippen LogP contribution in [0.4, 0.5) is 0 Å². The molecular formula is C30H26N4O. The summed E-state index contributed by atoms with van der Waals surface area (Å²) in [6.07, 6.45) is 1.91. The molecular weight excluding hydrogens is 432 g/mol. The number of carbonyl (C=O) groups excluding carboxylic acids is 1. The molecule has 0 unspecified atom stereocenters. The number of hydrazine groups is 2. The third kappa shape index (κ3) is 4.58. The van der Waals surface area contributed by atoms with E-state index in [1.807, 2.05) is 109 Å². The van der Waals surface area contributed by atoms with Crippen molar-refractivity contribution >= 4 is 11.6 Å². The van der Waals surface area contributed by atoms with E-state index in [1.54, 1.807) is 0 Å². The maximum atomic E-state index is 13.0. The zero-order valence-electron chi connectivity index (χ0n) is 19.2. The fourth-order valence-corrected chi connectivity index (χ4v) is 4.22. The van der Waals surface area contributed by atoms with Crippen LogP contribution in [0.25, 0.3) is 16.8 Å². The number of hydrogen-bond donors (Lipinski definition) is 4. The van der Waals surface area contributed by atoms with Crippen LogP contribution in [0.1, 0.15) is 16.7 Å². The highest BCUT2D eigenvalue weighted by atomic mass is 16.2. The fraction of sp³-hybridized carbons (Fsp3) is 0.0333. The minimum atomic E-state index is -0.667. The molecule has 5 rings (SSSR count). The van der Waals surface area contributed by atoms with Gasteiger partial charge in [-0.2, -0.15) is 0 Å². The SMILES string of the molecule is C=C(NNC(=O)C1=CC(c2ccccc2)(c2ccccc2)NN1)c1ccc(-c2ccccc2)cc1. The van der Waals surface area contributed by atoms with Crippen molar-refractivity contribution in [2.75, 3.05) is 0 Å². The Balaban J connectivity index is 1.30. The Morgan fingerprint density at radius 1 is 0.657 bits per heavy atom. The second-order valence-corrected chi connectivity index (χ2v) is 8.35. The predicted molar refractivity (Wildman–Crippen MR) is 140 cm³/mol. The molecule has 5 nitrogen and oxygen atoms in total. The largest absolute Gasteiger partial charge is 0.315 e. The Hall–Kier alpha value is -4.61. The number of amides is 1. The minimum Gasteiger partial charge on any atom is -0.315 e. The molecule has 1 aliphatic heterocycles. The monoisotopic (exact) mass is 458 g/mol. The highest BCUT2D eigenvalue weighted by molar-refractivity contribution is 5.94. The Morgan fingerprint density at radius 3 is 1.74 bits per heavy atom. The number of rotatable bonds is 7. The molecule has 35 heavy (non-hydrogen) atoms. The first kappa shape index (κ1) is 22.2. The van der Waals surface area contributed by atoms with Crippen molar-refractivity contribution in [3.8, 4) is 11.1 Å². The van der Waals surface area contributed by atoms with Gasteiger partial charge in [-0.15, -0.1) is 0 Å². The van der Waals surface area contributed by atoms with Gasteiger partial charge in [-0.3, -0.25) is 15.6 Å². The first-order valence-corrected chi connectivity index (χ1v) is 11.4. The standard InChI is InChI=1S/C30H26N4O/c1-22(23-17-19-25(20-18-23)24-11-5-2-6-12-24)31-33-29(35)28-21-30(34-32-28,26-13-7-3-8-14-26)27-15-9-4-10-16-27/h2-21,31-32,34H,1H2,(H,33,35). The maximum absolute atomic E-state index is 13.0. The van der Waals surface area contributed by atoms with Gasteiger partial charge >= 0.3 is 0 Å². The van der Waals surface area contributed by atoms with E-state index in [-0.39, 0.29) is 5.91 Å². The van der Waals surface area contributed by atoms with Crippen LogP contribution >= 0.6 is 0 Å². The van der Waals surface area contributed by atoms with Gasteiger partial charge in [0.15, 0.2) is 0 Å². The number of carbonyl (C=O) groups is 1. The number of hydrogen-bond acceptors (Lipinski definition) is 4. The molecule has 0 aliphatic carbocycles. The van der Waals surface area contributed by atoms with Crippen molar-refractivity contribution in [2.24, 2.45) is 0 Å². The number of benzene rings is 4. The topological polar surface area (TPSA) is 65.2 Å². The van der Waals surface area contributed by atoms with Crippen molar-refractivity contribution in [3.63, 3.8) is 0 Å². The van der Waals surface area contributed by atoms with Crippen molar-refractivity contribution < 1.29 is 4.79 Å². The van der Waals surface area contributed by atoms with Crippen LogP contribution in [0.15, 0.2) is 134 Å². The molecule has 1 aliphatic rings. The van der Waals surface area contributed by atoms with Gasteiger partial charge in [0.2, 0.25) is 0 Å². The van der Waals surface area contributed by atoms with E-state index in [4.69, 9.17) is 0 Å². The zero-order chi connectivity index (χ0) is 24.1. The molecule has 5 heteroatoms. The molecule has 0 aromatic heterocycles. The van der Waals surface area contributed by atoms with Gasteiger partial charge in [-0.1, -0.05) is 122 Å². The second-order valence-electron chi connectivity index (χ2n) is 8.35. The summed E-state index contributed by atoms with van der Waals surface area (Å²) >= 11 is 0. The highest BCUT2D eigenvalue weighted by Crippen LogP contribution is 2.34. The van der Waals surface area contributed by atoms with Crippen LogP contribution in [0.2, 0.25) is 0 Å². The molecule has 0 atom stereocenters. The summed E-state index contributed by atoms with van der Waals surface area (Å²) in [6.45, 7) is 4.07. The zero-order valence-corrected chi connectivity index (χ0v) is 19.2. The Kier molecular flexibility index (Phi) is 6.16. The second kappa shape index (κ2) is 9.71. The van der Waals surface area contributed by atoms with Crippen molar-refractivity contribution in [1.82, 2.24) is 21.7 Å². The molecule has 0 bridgehead atoms. The van der Waals surface area contributed by atoms with Gasteiger partial charge in [-0.25, -0.2) is 5.43 Å². The summed E-state index contributed by atoms with van der Waals surface area (Å²) in [5.74, 6) is -0.298. The predicted octanol–water partition coefficient (Wildman–Crippen LogP) is 4.88. The molecule has 4 N–H and O–H groups in total. The lowest BCUT2D eigenvalue weighted by Gasteiger charge is -2.28. The molecule has 1 amide bonds. The lowest BCUT2D eigenvalue weighted by atomic mass is 9.83. The minimum absolute atomic E-state index is 0.298. The molecule has 0 fully saturated rings. The molecule has 4 aromatic carbocycles. The van der Waals surface area contributed by atoms with E-state index in [0.29, 0.717) is 11.4 Å². The van der Waals surface area contributed by atoms with E-state index < -0.39 is 5.54 Å². The molecule has 1 heterocycles. The van der Waals surface area contributed by atoms with Gasteiger partial charge < -0.3 is 5.43 Å². The van der Waals surface area contributed by atoms with Crippen molar-refractivity contribution in [1.29, 1.82) is 0 Å². The Morgan fingerprint density at radius 2 is 1.17 bits per heavy atom. The molecule has 0 radical (unpaired) electrons. The third-order valence-electron chi connectivity index (χ3n) is 6.13. The Bertz CT molecular complexity index is 1310. The molecule has 0 spiro atoms. The summed E-state index contributed by atoms with van der Waals surface area (Å²) < 4.78 is 0. The van der Waals surface area contributed by atoms with Crippen LogP contribution in [0.5, 0.6) is 0 Å². The van der Waals surface area contributed by atoms with Crippen molar-refractivity contribution in [2.45, 2.75) is 5.54 Å². The van der Waals surface area contributed by atoms with Gasteiger partial charge in [0.05, 0.1) is 5.70 Å². The smallest absolute Gasteiger partial charge is 0.286 e. The molecule has 0 saturated heterocycles. The van der Waals surface area contributed by atoms with Gasteiger partial charge in [0, 0.05) is 0 Å². The van der Waals surface area contributed by atoms with Crippen LogP contribution in [0.3, 0.4) is 0 Å². The van der Waals surface area contributed by atoms with Crippen LogP contribution in [-0.2, 0) is 10.3 Å². The quantitative estimate of drug-likeness (QED) is 0.298. The Labute approximate surface area is 205 Å².